The van der Waals surface area contributed by atoms with Crippen LogP contribution in [0.25, 0.3) is 22.6 Å². The zero-order valence-corrected chi connectivity index (χ0v) is 21.9. The summed E-state index contributed by atoms with van der Waals surface area (Å²) in [4.78, 5) is 22.2. The SMILES string of the molecule is CCC[N+](C)(CCC)CCCC(=O)Nc1cc(-c2c(-c3cccc(C)n3)nc3n2CCN3)ccc1F. The van der Waals surface area contributed by atoms with Gasteiger partial charge in [-0.3, -0.25) is 9.78 Å². The van der Waals surface area contributed by atoms with E-state index < -0.39 is 5.82 Å². The molecule has 0 fully saturated rings. The highest BCUT2D eigenvalue weighted by Gasteiger charge is 2.25. The molecule has 2 N–H and O–H groups in total. The van der Waals surface area contributed by atoms with Gasteiger partial charge in [0, 0.05) is 37.2 Å². The number of carbonyl (C=O) groups excluding carboxylic acids is 1. The quantitative estimate of drug-likeness (QED) is 0.348. The van der Waals surface area contributed by atoms with Gasteiger partial charge >= 0.3 is 0 Å². The molecule has 7 nitrogen and oxygen atoms in total. The number of quaternary nitrogens is 1. The number of carbonyl (C=O) groups is 1. The lowest BCUT2D eigenvalue weighted by molar-refractivity contribution is -0.909. The summed E-state index contributed by atoms with van der Waals surface area (Å²) in [6.07, 6.45) is 3.38. The number of hydrogen-bond acceptors (Lipinski definition) is 4. The fourth-order valence-corrected chi connectivity index (χ4v) is 5.25. The number of pyridine rings is 1. The van der Waals surface area contributed by atoms with Crippen LogP contribution in [0, 0.1) is 12.7 Å². The van der Waals surface area contributed by atoms with Crippen molar-refractivity contribution in [3.05, 3.63) is 47.9 Å². The first-order valence-electron chi connectivity index (χ1n) is 13.1. The molecule has 8 heteroatoms. The summed E-state index contributed by atoms with van der Waals surface area (Å²) < 4.78 is 17.8. The molecule has 0 atom stereocenters. The maximum absolute atomic E-state index is 14.8. The van der Waals surface area contributed by atoms with Gasteiger partial charge in [-0.25, -0.2) is 9.37 Å². The van der Waals surface area contributed by atoms with Gasteiger partial charge < -0.3 is 19.7 Å². The van der Waals surface area contributed by atoms with Crippen LogP contribution in [-0.2, 0) is 11.3 Å². The van der Waals surface area contributed by atoms with Crippen molar-refractivity contribution in [2.24, 2.45) is 0 Å². The van der Waals surface area contributed by atoms with E-state index in [1.807, 2.05) is 25.1 Å². The third kappa shape index (κ3) is 5.75. The number of aromatic nitrogens is 3. The smallest absolute Gasteiger partial charge is 0.224 e. The van der Waals surface area contributed by atoms with Crippen molar-refractivity contribution in [2.45, 2.75) is 53.0 Å². The predicted octanol–water partition coefficient (Wildman–Crippen LogP) is 5.47. The van der Waals surface area contributed by atoms with Crippen molar-refractivity contribution in [1.82, 2.24) is 14.5 Å². The van der Waals surface area contributed by atoms with Gasteiger partial charge in [0.15, 0.2) is 0 Å². The largest absolute Gasteiger partial charge is 0.354 e. The molecule has 1 amide bonds. The molecule has 0 aliphatic carbocycles. The maximum Gasteiger partial charge on any atom is 0.224 e. The Hall–Kier alpha value is -3.26. The number of benzene rings is 1. The number of nitrogens with one attached hydrogen (secondary N) is 2. The molecular formula is C28H38FN6O+. The van der Waals surface area contributed by atoms with E-state index in [0.717, 1.165) is 90.8 Å². The second kappa shape index (κ2) is 11.2. The summed E-state index contributed by atoms with van der Waals surface area (Å²) in [5.41, 5.74) is 4.27. The van der Waals surface area contributed by atoms with Gasteiger partial charge in [0.05, 0.1) is 43.8 Å². The number of imidazole rings is 1. The number of halogens is 1. The van der Waals surface area contributed by atoms with E-state index in [0.29, 0.717) is 6.42 Å². The molecule has 0 saturated carbocycles. The molecule has 0 bridgehead atoms. The van der Waals surface area contributed by atoms with Gasteiger partial charge in [0.2, 0.25) is 11.9 Å². The molecule has 0 saturated heterocycles. The maximum atomic E-state index is 14.8. The normalized spacial score (nSPS) is 12.9. The lowest BCUT2D eigenvalue weighted by atomic mass is 10.1. The zero-order chi connectivity index (χ0) is 25.7. The number of amides is 1. The molecule has 3 heterocycles. The van der Waals surface area contributed by atoms with Crippen LogP contribution in [0.4, 0.5) is 16.0 Å². The Morgan fingerprint density at radius 2 is 1.92 bits per heavy atom. The Balaban J connectivity index is 1.54. The molecule has 0 spiro atoms. The van der Waals surface area contributed by atoms with Gasteiger partial charge in [0.1, 0.15) is 11.5 Å². The van der Waals surface area contributed by atoms with Gasteiger partial charge in [0.25, 0.3) is 0 Å². The molecule has 0 radical (unpaired) electrons. The van der Waals surface area contributed by atoms with Crippen LogP contribution >= 0.6 is 0 Å². The van der Waals surface area contributed by atoms with Crippen molar-refractivity contribution in [2.75, 3.05) is 43.9 Å². The van der Waals surface area contributed by atoms with Crippen molar-refractivity contribution < 1.29 is 13.7 Å². The topological polar surface area (TPSA) is 71.8 Å². The monoisotopic (exact) mass is 493 g/mol. The fourth-order valence-electron chi connectivity index (χ4n) is 5.25. The number of aryl methyl sites for hydroxylation is 1. The number of rotatable bonds is 11. The second-order valence-electron chi connectivity index (χ2n) is 10.0. The summed E-state index contributed by atoms with van der Waals surface area (Å²) in [6, 6.07) is 10.7. The molecule has 1 aliphatic heterocycles. The van der Waals surface area contributed by atoms with Crippen LogP contribution in [0.3, 0.4) is 0 Å². The van der Waals surface area contributed by atoms with Crippen LogP contribution in [0.5, 0.6) is 0 Å². The molecule has 192 valence electrons. The van der Waals surface area contributed by atoms with Gasteiger partial charge in [-0.15, -0.1) is 0 Å². The third-order valence-electron chi connectivity index (χ3n) is 6.86. The first-order chi connectivity index (χ1) is 17.3. The molecular weight excluding hydrogens is 455 g/mol. The van der Waals surface area contributed by atoms with Crippen LogP contribution in [0.1, 0.15) is 45.2 Å². The van der Waals surface area contributed by atoms with Gasteiger partial charge in [-0.05, 0) is 50.1 Å². The standard InChI is InChI=1S/C28H37FN6O/c1-5-16-35(4,17-6-2)18-8-11-25(36)32-24-19-21(12-13-22(24)29)27-26(23-10-7-9-20(3)31-23)33-28-30-14-15-34(27)28/h7,9-10,12-13,19H,5-6,8,11,14-18H2,1-4H3,(H-,30,32,33,36)/p+1. The number of anilines is 2. The molecule has 4 rings (SSSR count). The van der Waals surface area contributed by atoms with E-state index in [2.05, 4.69) is 41.1 Å². The van der Waals surface area contributed by atoms with E-state index in [1.165, 1.54) is 6.07 Å². The average Bonchev–Trinajstić information content (AvgIpc) is 3.42. The summed E-state index contributed by atoms with van der Waals surface area (Å²) in [7, 11) is 2.26. The fraction of sp³-hybridized carbons (Fsp3) is 0.464. The molecule has 1 aliphatic rings. The second-order valence-corrected chi connectivity index (χ2v) is 10.0. The highest BCUT2D eigenvalue weighted by molar-refractivity contribution is 5.92. The minimum absolute atomic E-state index is 0.161. The van der Waals surface area contributed by atoms with Crippen molar-refractivity contribution in [1.29, 1.82) is 0 Å². The summed E-state index contributed by atoms with van der Waals surface area (Å²) in [5.74, 6) is 0.170. The molecule has 36 heavy (non-hydrogen) atoms. The van der Waals surface area contributed by atoms with Crippen LogP contribution < -0.4 is 10.6 Å². The summed E-state index contributed by atoms with van der Waals surface area (Å²) in [6.45, 7) is 11.0. The number of nitrogens with zero attached hydrogens (tertiary/aromatic N) is 4. The van der Waals surface area contributed by atoms with Gasteiger partial charge in [-0.1, -0.05) is 19.9 Å². The highest BCUT2D eigenvalue weighted by Crippen LogP contribution is 2.37. The number of fused-ring (bicyclic) bond motifs is 1. The predicted molar refractivity (Wildman–Crippen MR) is 143 cm³/mol. The van der Waals surface area contributed by atoms with E-state index >= 15 is 0 Å². The average molecular weight is 494 g/mol. The zero-order valence-electron chi connectivity index (χ0n) is 21.9. The van der Waals surface area contributed by atoms with Crippen molar-refractivity contribution in [3.8, 4) is 22.6 Å². The van der Waals surface area contributed by atoms with Crippen molar-refractivity contribution in [3.63, 3.8) is 0 Å². The summed E-state index contributed by atoms with van der Waals surface area (Å²) >= 11 is 0. The van der Waals surface area contributed by atoms with E-state index in [4.69, 9.17) is 4.98 Å². The Bertz CT molecular complexity index is 1210. The lowest BCUT2D eigenvalue weighted by Gasteiger charge is -2.34. The molecule has 1 aromatic carbocycles. The van der Waals surface area contributed by atoms with Crippen molar-refractivity contribution >= 4 is 17.5 Å². The molecule has 3 aromatic rings. The Morgan fingerprint density at radius 3 is 2.64 bits per heavy atom. The van der Waals surface area contributed by atoms with E-state index in [9.17, 15) is 9.18 Å². The molecule has 2 aromatic heterocycles. The van der Waals surface area contributed by atoms with E-state index in [1.54, 1.807) is 12.1 Å². The lowest BCUT2D eigenvalue weighted by Crippen LogP contribution is -2.46. The summed E-state index contributed by atoms with van der Waals surface area (Å²) in [5, 5.41) is 6.12. The third-order valence-corrected chi connectivity index (χ3v) is 6.86. The Kier molecular flexibility index (Phi) is 8.04. The van der Waals surface area contributed by atoms with Gasteiger partial charge in [-0.2, -0.15) is 0 Å². The van der Waals surface area contributed by atoms with Crippen LogP contribution in [0.15, 0.2) is 36.4 Å². The minimum Gasteiger partial charge on any atom is -0.354 e. The highest BCUT2D eigenvalue weighted by atomic mass is 19.1. The molecule has 0 unspecified atom stereocenters. The number of hydrogen-bond donors (Lipinski definition) is 2. The Labute approximate surface area is 213 Å². The first-order valence-corrected chi connectivity index (χ1v) is 13.1. The van der Waals surface area contributed by atoms with Crippen LogP contribution in [-0.4, -0.2) is 58.2 Å². The first kappa shape index (κ1) is 25.8. The minimum atomic E-state index is -0.445. The van der Waals surface area contributed by atoms with Crippen LogP contribution in [0.2, 0.25) is 0 Å². The Morgan fingerprint density at radius 1 is 1.14 bits per heavy atom. The van der Waals surface area contributed by atoms with E-state index in [-0.39, 0.29) is 11.6 Å².